The lowest BCUT2D eigenvalue weighted by molar-refractivity contribution is -0.0843. The van der Waals surface area contributed by atoms with Gasteiger partial charge in [0.25, 0.3) is 0 Å². The number of hydrogen-bond donors (Lipinski definition) is 1. The van der Waals surface area contributed by atoms with E-state index in [2.05, 4.69) is 0 Å². The maximum absolute atomic E-state index is 9.18. The molecule has 0 fully saturated rings. The van der Waals surface area contributed by atoms with E-state index >= 15 is 0 Å². The topological polar surface area (TPSA) is 38.7 Å². The lowest BCUT2D eigenvalue weighted by atomic mass is 10.3. The van der Waals surface area contributed by atoms with Gasteiger partial charge in [-0.15, -0.1) is 0 Å². The van der Waals surface area contributed by atoms with Crippen LogP contribution in [0.2, 0.25) is 0 Å². The molecular weight excluding hydrogens is 176 g/mol. The van der Waals surface area contributed by atoms with Gasteiger partial charge in [-0.05, 0) is 6.92 Å². The summed E-state index contributed by atoms with van der Waals surface area (Å²) in [5.74, 6) is 0.749. The van der Waals surface area contributed by atoms with Gasteiger partial charge < -0.3 is 14.6 Å². The minimum absolute atomic E-state index is 0.170. The van der Waals surface area contributed by atoms with Crippen LogP contribution in [0.25, 0.3) is 0 Å². The molecule has 2 atom stereocenters. The minimum atomic E-state index is -0.288. The first-order valence-corrected chi connectivity index (χ1v) is 5.02. The molecule has 3 nitrogen and oxygen atoms in total. The molecular formula is C8H18O3S. The summed E-state index contributed by atoms with van der Waals surface area (Å²) in [6.45, 7) is 3.77. The van der Waals surface area contributed by atoms with Crippen LogP contribution >= 0.6 is 11.8 Å². The summed E-state index contributed by atoms with van der Waals surface area (Å²) >= 11 is 1.64. The molecule has 74 valence electrons. The Hall–Kier alpha value is 0.230. The van der Waals surface area contributed by atoms with Crippen molar-refractivity contribution in [2.75, 3.05) is 20.0 Å². The van der Waals surface area contributed by atoms with Crippen LogP contribution in [0, 0.1) is 0 Å². The monoisotopic (exact) mass is 194 g/mol. The summed E-state index contributed by atoms with van der Waals surface area (Å²) < 4.78 is 10.0. The number of rotatable bonds is 6. The number of aliphatic hydroxyl groups excluding tert-OH is 1. The van der Waals surface area contributed by atoms with Crippen molar-refractivity contribution in [1.82, 2.24) is 0 Å². The van der Waals surface area contributed by atoms with Gasteiger partial charge >= 0.3 is 0 Å². The highest BCUT2D eigenvalue weighted by Crippen LogP contribution is 2.16. The molecule has 0 aliphatic rings. The van der Waals surface area contributed by atoms with Crippen molar-refractivity contribution < 1.29 is 14.6 Å². The maximum atomic E-state index is 9.18. The number of thioether (sulfide) groups is 1. The molecule has 4 heteroatoms. The van der Waals surface area contributed by atoms with Crippen LogP contribution in [0.15, 0.2) is 0 Å². The lowest BCUT2D eigenvalue weighted by Crippen LogP contribution is -2.21. The molecule has 0 aliphatic carbocycles. The number of aliphatic hydroxyl groups is 1. The van der Waals surface area contributed by atoms with Crippen LogP contribution in [0.4, 0.5) is 0 Å². The van der Waals surface area contributed by atoms with Gasteiger partial charge in [0.15, 0.2) is 6.29 Å². The fourth-order valence-electron chi connectivity index (χ4n) is 0.602. The Morgan fingerprint density at radius 1 is 1.25 bits per heavy atom. The minimum Gasteiger partial charge on any atom is -0.392 e. The molecule has 0 bridgehead atoms. The van der Waals surface area contributed by atoms with E-state index in [1.54, 1.807) is 32.9 Å². The van der Waals surface area contributed by atoms with E-state index in [-0.39, 0.29) is 17.6 Å². The summed E-state index contributed by atoms with van der Waals surface area (Å²) in [4.78, 5) is 0. The molecule has 0 aromatic carbocycles. The van der Waals surface area contributed by atoms with Crippen molar-refractivity contribution in [3.63, 3.8) is 0 Å². The van der Waals surface area contributed by atoms with Crippen molar-refractivity contribution in [3.05, 3.63) is 0 Å². The maximum Gasteiger partial charge on any atom is 0.165 e. The highest BCUT2D eigenvalue weighted by atomic mass is 32.2. The number of methoxy groups -OCH3 is 2. The summed E-state index contributed by atoms with van der Waals surface area (Å²) in [6.07, 6.45) is -0.458. The first kappa shape index (κ1) is 12.2. The second-order valence-corrected chi connectivity index (χ2v) is 4.09. The number of ether oxygens (including phenoxy) is 2. The molecule has 12 heavy (non-hydrogen) atoms. The van der Waals surface area contributed by atoms with E-state index in [9.17, 15) is 5.11 Å². The van der Waals surface area contributed by atoms with Gasteiger partial charge in [-0.25, -0.2) is 0 Å². The van der Waals surface area contributed by atoms with Gasteiger partial charge in [0, 0.05) is 25.2 Å². The standard InChI is InChI=1S/C8H18O3S/c1-6(9)7(2)12-5-8(10-3)11-4/h6-9H,5H2,1-4H3. The first-order valence-electron chi connectivity index (χ1n) is 3.97. The molecule has 1 N–H and O–H groups in total. The average molecular weight is 194 g/mol. The lowest BCUT2D eigenvalue weighted by Gasteiger charge is -2.17. The van der Waals surface area contributed by atoms with Gasteiger partial charge in [0.1, 0.15) is 0 Å². The van der Waals surface area contributed by atoms with E-state index in [1.807, 2.05) is 6.92 Å². The normalized spacial score (nSPS) is 16.5. The molecule has 0 spiro atoms. The highest BCUT2D eigenvalue weighted by Gasteiger charge is 2.12. The van der Waals surface area contributed by atoms with Crippen LogP contribution in [0.1, 0.15) is 13.8 Å². The Morgan fingerprint density at radius 3 is 2.08 bits per heavy atom. The van der Waals surface area contributed by atoms with Crippen LogP contribution < -0.4 is 0 Å². The molecule has 0 amide bonds. The molecule has 0 aromatic rings. The largest absolute Gasteiger partial charge is 0.392 e. The molecule has 0 saturated heterocycles. The Kier molecular flexibility index (Phi) is 6.84. The third kappa shape index (κ3) is 4.98. The van der Waals surface area contributed by atoms with Crippen LogP contribution in [-0.4, -0.2) is 42.7 Å². The summed E-state index contributed by atoms with van der Waals surface area (Å²) in [5, 5.41) is 9.40. The van der Waals surface area contributed by atoms with Gasteiger partial charge in [0.05, 0.1) is 6.10 Å². The molecule has 0 saturated carbocycles. The van der Waals surface area contributed by atoms with E-state index in [4.69, 9.17) is 9.47 Å². The molecule has 0 aliphatic heterocycles. The predicted molar refractivity (Wildman–Crippen MR) is 51.4 cm³/mol. The summed E-state index contributed by atoms with van der Waals surface area (Å²) in [6, 6.07) is 0. The molecule has 0 rings (SSSR count). The van der Waals surface area contributed by atoms with Gasteiger partial charge in [-0.3, -0.25) is 0 Å². The SMILES string of the molecule is COC(CSC(C)C(C)O)OC. The Bertz CT molecular complexity index is 102. The fourth-order valence-corrected chi connectivity index (χ4v) is 1.61. The Labute approximate surface area is 78.4 Å². The predicted octanol–water partition coefficient (Wildman–Crippen LogP) is 1.11. The van der Waals surface area contributed by atoms with Crippen LogP contribution in [0.5, 0.6) is 0 Å². The second kappa shape index (κ2) is 6.71. The van der Waals surface area contributed by atoms with Crippen molar-refractivity contribution in [1.29, 1.82) is 0 Å². The zero-order valence-electron chi connectivity index (χ0n) is 8.11. The highest BCUT2D eigenvalue weighted by molar-refractivity contribution is 7.99. The van der Waals surface area contributed by atoms with E-state index in [0.717, 1.165) is 5.75 Å². The Balaban J connectivity index is 3.51. The van der Waals surface area contributed by atoms with E-state index in [0.29, 0.717) is 0 Å². The van der Waals surface area contributed by atoms with Gasteiger partial charge in [-0.2, -0.15) is 11.8 Å². The molecule has 0 heterocycles. The van der Waals surface area contributed by atoms with Crippen molar-refractivity contribution in [2.24, 2.45) is 0 Å². The Morgan fingerprint density at radius 2 is 1.75 bits per heavy atom. The van der Waals surface area contributed by atoms with Crippen LogP contribution in [-0.2, 0) is 9.47 Å². The zero-order chi connectivity index (χ0) is 9.56. The molecule has 2 unspecified atom stereocenters. The second-order valence-electron chi connectivity index (χ2n) is 2.68. The van der Waals surface area contributed by atoms with Crippen molar-refractivity contribution >= 4 is 11.8 Å². The average Bonchev–Trinajstić information content (AvgIpc) is 2.05. The smallest absolute Gasteiger partial charge is 0.165 e. The van der Waals surface area contributed by atoms with Gasteiger partial charge in [-0.1, -0.05) is 6.92 Å². The third-order valence-electron chi connectivity index (χ3n) is 1.70. The summed E-state index contributed by atoms with van der Waals surface area (Å²) in [5.41, 5.74) is 0. The van der Waals surface area contributed by atoms with Crippen molar-refractivity contribution in [2.45, 2.75) is 31.5 Å². The molecule has 0 radical (unpaired) electrons. The molecule has 0 aromatic heterocycles. The van der Waals surface area contributed by atoms with E-state index in [1.165, 1.54) is 0 Å². The number of hydrogen-bond acceptors (Lipinski definition) is 4. The van der Waals surface area contributed by atoms with Gasteiger partial charge in [0.2, 0.25) is 0 Å². The quantitative estimate of drug-likeness (QED) is 0.643. The summed E-state index contributed by atoms with van der Waals surface area (Å²) in [7, 11) is 3.23. The van der Waals surface area contributed by atoms with Crippen molar-refractivity contribution in [3.8, 4) is 0 Å². The fraction of sp³-hybridized carbons (Fsp3) is 1.00. The zero-order valence-corrected chi connectivity index (χ0v) is 8.93. The van der Waals surface area contributed by atoms with E-state index < -0.39 is 0 Å². The van der Waals surface area contributed by atoms with Crippen LogP contribution in [0.3, 0.4) is 0 Å². The first-order chi connectivity index (χ1) is 5.61. The third-order valence-corrected chi connectivity index (χ3v) is 3.08.